The molecule has 0 atom stereocenters. The maximum Gasteiger partial charge on any atom is 2.00 e. The maximum absolute atomic E-state index is 8.41. The van der Waals surface area contributed by atoms with Gasteiger partial charge in [-0.2, -0.15) is 0 Å². The van der Waals surface area contributed by atoms with Crippen molar-refractivity contribution in [2.24, 2.45) is 0 Å². The summed E-state index contributed by atoms with van der Waals surface area (Å²) in [4.78, 5) is 0. The van der Waals surface area contributed by atoms with Crippen LogP contribution >= 0.6 is 0 Å². The minimum atomic E-state index is -2.85. The average Bonchev–Trinajstić information content (AvgIpc) is 1.25. The van der Waals surface area contributed by atoms with Crippen molar-refractivity contribution in [2.75, 3.05) is 0 Å². The molecule has 10 nitrogen and oxygen atoms in total. The van der Waals surface area contributed by atoms with Crippen LogP contribution in [0.3, 0.4) is 0 Å². The predicted molar refractivity (Wildman–Crippen MR) is 14.5 cm³/mol. The fourth-order valence-corrected chi connectivity index (χ4v) is 0. The molecule has 0 unspecified atom stereocenters. The number of hydrogen-bond donors (Lipinski definition) is 0. The summed E-state index contributed by atoms with van der Waals surface area (Å²) in [7, 11) is -5.70. The van der Waals surface area contributed by atoms with Gasteiger partial charge in [-0.15, -0.1) is 0 Å². The average molecular weight is 294 g/mol. The number of rotatable bonds is 0. The maximum atomic E-state index is 8.41. The molecule has 0 fully saturated rings. The van der Waals surface area contributed by atoms with Gasteiger partial charge in [-0.25, -0.2) is 0 Å². The summed E-state index contributed by atoms with van der Waals surface area (Å²) >= 11 is 0. The van der Waals surface area contributed by atoms with Crippen LogP contribution in [0.1, 0.15) is 0 Å². The molecule has 8 N–H and O–H groups in total. The van der Waals surface area contributed by atoms with Crippen LogP contribution in [-0.2, 0) is 17.1 Å². The van der Waals surface area contributed by atoms with Crippen molar-refractivity contribution in [1.29, 1.82) is 0 Å². The summed E-state index contributed by atoms with van der Waals surface area (Å²) in [6, 6.07) is 0. The van der Waals surface area contributed by atoms with Crippen molar-refractivity contribution in [2.45, 2.75) is 0 Å². The van der Waals surface area contributed by atoms with Gasteiger partial charge in [0.25, 0.3) is 0 Å². The summed E-state index contributed by atoms with van der Waals surface area (Å²) in [5, 5.41) is 0. The van der Waals surface area contributed by atoms with Gasteiger partial charge in [0.15, 0.2) is 0 Å². The Balaban J connectivity index is -0.00000000800. The van der Waals surface area contributed by atoms with Gasteiger partial charge >= 0.3 is 17.1 Å². The normalized spacial score (nSPS) is 5.54. The Labute approximate surface area is 88.9 Å². The van der Waals surface area contributed by atoms with E-state index in [1.807, 2.05) is 0 Å². The molecule has 0 rings (SSSR count). The second kappa shape index (κ2) is 38.7. The van der Waals surface area contributed by atoms with Gasteiger partial charge in [-0.3, -0.25) is 0 Å². The number of halogens is 2. The van der Waals surface area contributed by atoms with Gasteiger partial charge in [0.1, 0.15) is 0 Å². The first kappa shape index (κ1) is 49.2. The van der Waals surface area contributed by atoms with E-state index in [-0.39, 0.29) is 39.0 Å². The van der Waals surface area contributed by atoms with Gasteiger partial charge in [0, 0.05) is 0 Å². The Morgan fingerprint density at radius 1 is 0.462 bits per heavy atom. The molecule has 13 heavy (non-hydrogen) atoms. The topological polar surface area (TPSA) is 264 Å². The summed E-state index contributed by atoms with van der Waals surface area (Å²) in [6.45, 7) is 0. The fraction of sp³-hybridized carbons (Fsp3) is 0. The minimum absolute atomic E-state index is 0. The van der Waals surface area contributed by atoms with E-state index in [4.69, 9.17) is 28.0 Å². The monoisotopic (exact) mass is 293 g/mol. The molecule has 0 aromatic heterocycles. The Morgan fingerprint density at radius 3 is 0.462 bits per heavy atom. The van der Waals surface area contributed by atoms with Gasteiger partial charge in [-0.1, -0.05) is 0 Å². The molecule has 0 saturated heterocycles. The van der Waals surface area contributed by atoms with Gasteiger partial charge in [0.05, 0.1) is 21.6 Å². The van der Waals surface area contributed by atoms with Crippen LogP contribution in [0.2, 0.25) is 0 Å². The van der Waals surface area contributed by atoms with Crippen LogP contribution in [0.25, 0.3) is 0 Å². The Bertz CT molecular complexity index is 28.4. The zero-order valence-corrected chi connectivity index (χ0v) is 8.28. The molecular formula is H8Cl2MnO10. The summed E-state index contributed by atoms with van der Waals surface area (Å²) < 4.78 is 50.4. The van der Waals surface area contributed by atoms with Crippen LogP contribution in [0, 0.1) is 21.6 Å². The van der Waals surface area contributed by atoms with E-state index < -0.39 is 21.6 Å². The quantitative estimate of drug-likeness (QED) is 0.390. The first-order valence-corrected chi connectivity index (χ1v) is 2.78. The summed E-state index contributed by atoms with van der Waals surface area (Å²) in [6.07, 6.45) is 0. The van der Waals surface area contributed by atoms with Gasteiger partial charge in [0.2, 0.25) is 0 Å². The zero-order chi connectivity index (χ0) is 7.15. The Kier molecular flexibility index (Phi) is 147. The second-order valence-electron chi connectivity index (χ2n) is 0.378. The third kappa shape index (κ3) is 2970. The molecular weight excluding hydrogens is 286 g/mol. The minimum Gasteiger partial charge on any atom is -0.412 e. The van der Waals surface area contributed by atoms with Crippen molar-refractivity contribution in [3.8, 4) is 0 Å². The molecule has 0 aromatic rings. The van der Waals surface area contributed by atoms with E-state index in [0.717, 1.165) is 0 Å². The predicted octanol–water partition coefficient (Wildman–Crippen LogP) is -10.4. The largest absolute Gasteiger partial charge is 2.00 e. The fourth-order valence-electron chi connectivity index (χ4n) is 0. The van der Waals surface area contributed by atoms with Gasteiger partial charge in [-0.05, 0) is 0 Å². The SMILES string of the molecule is O.O.O.O.[Mn+2].[O-][Cl+2]([O-])[O-].[O-][Cl+2]([O-])[O-]. The molecule has 0 heterocycles. The summed E-state index contributed by atoms with van der Waals surface area (Å²) in [5.74, 6) is 0. The third-order valence-corrected chi connectivity index (χ3v) is 0. The van der Waals surface area contributed by atoms with Crippen LogP contribution in [0.15, 0.2) is 0 Å². The van der Waals surface area contributed by atoms with E-state index in [0.29, 0.717) is 0 Å². The van der Waals surface area contributed by atoms with E-state index in [1.165, 1.54) is 0 Å². The van der Waals surface area contributed by atoms with Gasteiger partial charge < -0.3 is 49.9 Å². The molecule has 0 spiro atoms. The van der Waals surface area contributed by atoms with E-state index in [9.17, 15) is 0 Å². The summed E-state index contributed by atoms with van der Waals surface area (Å²) in [5.41, 5.74) is 0. The molecule has 89 valence electrons. The molecule has 1 radical (unpaired) electrons. The molecule has 0 amide bonds. The van der Waals surface area contributed by atoms with Crippen LogP contribution in [0.5, 0.6) is 0 Å². The molecule has 0 bridgehead atoms. The van der Waals surface area contributed by atoms with Crippen LogP contribution in [-0.4, -0.2) is 21.9 Å². The third-order valence-electron chi connectivity index (χ3n) is 0. The van der Waals surface area contributed by atoms with Crippen LogP contribution < -0.4 is 28.0 Å². The standard InChI is InChI=1S/2ClO3.Mn.4H2O/c2*2-1(3)4;;;;;/h;;;4*1H2/q2*-1;+2;;;;. The molecule has 0 saturated carbocycles. The molecule has 0 aliphatic heterocycles. The van der Waals surface area contributed by atoms with Crippen molar-refractivity contribution in [3.63, 3.8) is 0 Å². The smallest absolute Gasteiger partial charge is 0.412 e. The van der Waals surface area contributed by atoms with Crippen LogP contribution in [0.4, 0.5) is 0 Å². The van der Waals surface area contributed by atoms with E-state index >= 15 is 0 Å². The van der Waals surface area contributed by atoms with E-state index in [1.54, 1.807) is 0 Å². The molecule has 0 aliphatic rings. The molecule has 13 heteroatoms. The van der Waals surface area contributed by atoms with Crippen molar-refractivity contribution in [3.05, 3.63) is 0 Å². The first-order chi connectivity index (χ1) is 3.46. The Morgan fingerprint density at radius 2 is 0.462 bits per heavy atom. The van der Waals surface area contributed by atoms with Crippen molar-refractivity contribution < 1.29 is 88.5 Å². The zero-order valence-electron chi connectivity index (χ0n) is 5.58. The molecule has 0 aliphatic carbocycles. The van der Waals surface area contributed by atoms with Crippen molar-refractivity contribution in [1.82, 2.24) is 0 Å². The van der Waals surface area contributed by atoms with E-state index in [2.05, 4.69) is 0 Å². The first-order valence-electron chi connectivity index (χ1n) is 0.926. The van der Waals surface area contributed by atoms with Crippen molar-refractivity contribution >= 4 is 0 Å². The molecule has 0 aromatic carbocycles. The number of hydrogen-bond acceptors (Lipinski definition) is 6. The Hall–Kier alpha value is 0.699. The second-order valence-corrected chi connectivity index (χ2v) is 1.13.